The Bertz CT molecular complexity index is 794. The average molecular weight is 282 g/mol. The van der Waals surface area contributed by atoms with E-state index in [9.17, 15) is 0 Å². The van der Waals surface area contributed by atoms with Crippen LogP contribution in [0.1, 0.15) is 30.3 Å². The summed E-state index contributed by atoms with van der Waals surface area (Å²) in [5.41, 5.74) is 5.07. The minimum atomic E-state index is 0.355. The van der Waals surface area contributed by atoms with Crippen molar-refractivity contribution < 1.29 is 0 Å². The smallest absolute Gasteiger partial charge is 0.156 e. The molecule has 0 aromatic carbocycles. The third-order valence-electron chi connectivity index (χ3n) is 3.99. The Morgan fingerprint density at radius 1 is 1.33 bits per heavy atom. The van der Waals surface area contributed by atoms with Gasteiger partial charge in [0.25, 0.3) is 0 Å². The molecule has 0 spiro atoms. The summed E-state index contributed by atoms with van der Waals surface area (Å²) >= 11 is 0. The second-order valence-electron chi connectivity index (χ2n) is 5.67. The molecule has 0 saturated carbocycles. The molecular formula is C15H18N6. The van der Waals surface area contributed by atoms with Crippen LogP contribution < -0.4 is 5.32 Å². The zero-order valence-corrected chi connectivity index (χ0v) is 12.2. The predicted octanol–water partition coefficient (Wildman–Crippen LogP) is 1.86. The van der Waals surface area contributed by atoms with Gasteiger partial charge in [-0.2, -0.15) is 10.2 Å². The van der Waals surface area contributed by atoms with Gasteiger partial charge in [0.2, 0.25) is 0 Å². The van der Waals surface area contributed by atoms with Crippen LogP contribution in [0.4, 0.5) is 0 Å². The molecule has 1 atom stereocenters. The fourth-order valence-corrected chi connectivity index (χ4v) is 2.98. The van der Waals surface area contributed by atoms with Crippen LogP contribution in [0.2, 0.25) is 0 Å². The van der Waals surface area contributed by atoms with E-state index >= 15 is 0 Å². The van der Waals surface area contributed by atoms with Crippen LogP contribution in [0, 0.1) is 6.92 Å². The summed E-state index contributed by atoms with van der Waals surface area (Å²) in [5.74, 6) is 0. The molecule has 1 N–H and O–H groups in total. The Hall–Kier alpha value is -2.21. The van der Waals surface area contributed by atoms with Gasteiger partial charge in [-0.3, -0.25) is 4.68 Å². The Labute approximate surface area is 122 Å². The monoisotopic (exact) mass is 282 g/mol. The normalized spacial score (nSPS) is 18.7. The van der Waals surface area contributed by atoms with Gasteiger partial charge in [0.05, 0.1) is 23.6 Å². The standard InChI is InChI=1S/C15H18N6/c1-10-6-14(11-8-17-20(2)9-11)21-15(18-10)7-13(19-21)12-4-3-5-16-12/h6-9,12,16H,3-5H2,1-2H3. The minimum Gasteiger partial charge on any atom is -0.309 e. The molecule has 0 aliphatic carbocycles. The third kappa shape index (κ3) is 2.12. The maximum absolute atomic E-state index is 4.78. The number of fused-ring (bicyclic) bond motifs is 1. The van der Waals surface area contributed by atoms with E-state index in [4.69, 9.17) is 5.10 Å². The van der Waals surface area contributed by atoms with E-state index in [1.165, 1.54) is 6.42 Å². The molecule has 1 fully saturated rings. The summed E-state index contributed by atoms with van der Waals surface area (Å²) in [6.07, 6.45) is 6.22. The highest BCUT2D eigenvalue weighted by atomic mass is 15.3. The Balaban J connectivity index is 1.89. The van der Waals surface area contributed by atoms with Crippen LogP contribution in [-0.2, 0) is 7.05 Å². The first-order chi connectivity index (χ1) is 10.2. The lowest BCUT2D eigenvalue weighted by Crippen LogP contribution is -2.13. The quantitative estimate of drug-likeness (QED) is 0.779. The number of aryl methyl sites for hydroxylation is 2. The lowest BCUT2D eigenvalue weighted by atomic mass is 10.2. The van der Waals surface area contributed by atoms with E-state index in [1.54, 1.807) is 4.68 Å². The van der Waals surface area contributed by atoms with E-state index < -0.39 is 0 Å². The van der Waals surface area contributed by atoms with Crippen molar-refractivity contribution in [3.8, 4) is 11.3 Å². The van der Waals surface area contributed by atoms with Crippen molar-refractivity contribution in [2.24, 2.45) is 7.05 Å². The Morgan fingerprint density at radius 3 is 2.95 bits per heavy atom. The van der Waals surface area contributed by atoms with Gasteiger partial charge in [-0.05, 0) is 32.4 Å². The van der Waals surface area contributed by atoms with Gasteiger partial charge < -0.3 is 5.32 Å². The Morgan fingerprint density at radius 2 is 2.24 bits per heavy atom. The molecule has 0 amide bonds. The number of hydrogen-bond acceptors (Lipinski definition) is 4. The molecule has 1 aliphatic heterocycles. The summed E-state index contributed by atoms with van der Waals surface area (Å²) < 4.78 is 3.74. The molecule has 6 nitrogen and oxygen atoms in total. The molecule has 4 heterocycles. The maximum Gasteiger partial charge on any atom is 0.156 e. The molecule has 108 valence electrons. The number of hydrogen-bond donors (Lipinski definition) is 1. The van der Waals surface area contributed by atoms with Crippen LogP contribution in [-0.4, -0.2) is 30.9 Å². The van der Waals surface area contributed by atoms with Crippen molar-refractivity contribution in [3.05, 3.63) is 35.9 Å². The highest BCUT2D eigenvalue weighted by Crippen LogP contribution is 2.26. The van der Waals surface area contributed by atoms with Gasteiger partial charge in [0.15, 0.2) is 5.65 Å². The van der Waals surface area contributed by atoms with Crippen molar-refractivity contribution in [2.75, 3.05) is 6.54 Å². The van der Waals surface area contributed by atoms with Gasteiger partial charge >= 0.3 is 0 Å². The van der Waals surface area contributed by atoms with Gasteiger partial charge in [-0.25, -0.2) is 9.50 Å². The molecule has 3 aromatic rings. The van der Waals surface area contributed by atoms with Crippen LogP contribution in [0.3, 0.4) is 0 Å². The zero-order chi connectivity index (χ0) is 14.4. The first kappa shape index (κ1) is 12.5. The predicted molar refractivity (Wildman–Crippen MR) is 79.9 cm³/mol. The van der Waals surface area contributed by atoms with E-state index in [1.807, 2.05) is 30.9 Å². The summed E-state index contributed by atoms with van der Waals surface area (Å²) in [7, 11) is 1.92. The van der Waals surface area contributed by atoms with Gasteiger partial charge in [0.1, 0.15) is 0 Å². The first-order valence-electron chi connectivity index (χ1n) is 7.30. The van der Waals surface area contributed by atoms with Crippen LogP contribution in [0.25, 0.3) is 16.9 Å². The van der Waals surface area contributed by atoms with Crippen molar-refractivity contribution in [1.82, 2.24) is 29.7 Å². The number of aromatic nitrogens is 5. The van der Waals surface area contributed by atoms with Crippen molar-refractivity contribution >= 4 is 5.65 Å². The zero-order valence-electron chi connectivity index (χ0n) is 12.2. The number of rotatable bonds is 2. The third-order valence-corrected chi connectivity index (χ3v) is 3.99. The summed E-state index contributed by atoms with van der Waals surface area (Å²) in [6.45, 7) is 3.08. The lowest BCUT2D eigenvalue weighted by Gasteiger charge is -2.05. The molecule has 0 radical (unpaired) electrons. The molecule has 21 heavy (non-hydrogen) atoms. The molecule has 0 bridgehead atoms. The van der Waals surface area contributed by atoms with E-state index in [0.29, 0.717) is 6.04 Å². The molecule has 6 heteroatoms. The second-order valence-corrected chi connectivity index (χ2v) is 5.67. The fourth-order valence-electron chi connectivity index (χ4n) is 2.98. The summed E-state index contributed by atoms with van der Waals surface area (Å²) in [6, 6.07) is 4.51. The van der Waals surface area contributed by atoms with Gasteiger partial charge in [-0.1, -0.05) is 0 Å². The molecule has 1 unspecified atom stereocenters. The Kier molecular flexibility index (Phi) is 2.78. The molecular weight excluding hydrogens is 264 g/mol. The lowest BCUT2D eigenvalue weighted by molar-refractivity contribution is 0.621. The highest BCUT2D eigenvalue weighted by molar-refractivity contribution is 5.62. The van der Waals surface area contributed by atoms with Gasteiger partial charge in [0, 0.05) is 30.6 Å². The van der Waals surface area contributed by atoms with Crippen LogP contribution >= 0.6 is 0 Å². The fraction of sp³-hybridized carbons (Fsp3) is 0.400. The van der Waals surface area contributed by atoms with Crippen LogP contribution in [0.5, 0.6) is 0 Å². The highest BCUT2D eigenvalue weighted by Gasteiger charge is 2.20. The SMILES string of the molecule is Cc1cc(-c2cnn(C)c2)n2nc(C3CCCN3)cc2n1. The molecule has 3 aromatic heterocycles. The largest absolute Gasteiger partial charge is 0.309 e. The summed E-state index contributed by atoms with van der Waals surface area (Å²) in [5, 5.41) is 12.5. The van der Waals surface area contributed by atoms with Crippen molar-refractivity contribution in [1.29, 1.82) is 0 Å². The average Bonchev–Trinajstić information content (AvgIpc) is 3.16. The first-order valence-corrected chi connectivity index (χ1v) is 7.30. The van der Waals surface area contributed by atoms with Crippen LogP contribution in [0.15, 0.2) is 24.5 Å². The van der Waals surface area contributed by atoms with E-state index in [-0.39, 0.29) is 0 Å². The van der Waals surface area contributed by atoms with Gasteiger partial charge in [-0.15, -0.1) is 0 Å². The topological polar surface area (TPSA) is 60.0 Å². The van der Waals surface area contributed by atoms with E-state index in [2.05, 4.69) is 27.5 Å². The molecule has 1 aliphatic rings. The van der Waals surface area contributed by atoms with Crippen molar-refractivity contribution in [3.63, 3.8) is 0 Å². The number of nitrogens with one attached hydrogen (secondary N) is 1. The van der Waals surface area contributed by atoms with Crippen molar-refractivity contribution in [2.45, 2.75) is 25.8 Å². The summed E-state index contributed by atoms with van der Waals surface area (Å²) in [4.78, 5) is 4.61. The molecule has 4 rings (SSSR count). The number of nitrogens with zero attached hydrogens (tertiary/aromatic N) is 5. The minimum absolute atomic E-state index is 0.355. The second kappa shape index (κ2) is 4.66. The maximum atomic E-state index is 4.78. The molecule has 1 saturated heterocycles. The van der Waals surface area contributed by atoms with E-state index in [0.717, 1.165) is 41.3 Å².